The van der Waals surface area contributed by atoms with Crippen LogP contribution in [0.25, 0.3) is 21.6 Å². The number of anilines is 1. The third-order valence-electron chi connectivity index (χ3n) is 5.90. The van der Waals surface area contributed by atoms with Crippen molar-refractivity contribution in [1.29, 1.82) is 0 Å². The van der Waals surface area contributed by atoms with Crippen LogP contribution in [0.1, 0.15) is 35.8 Å². The van der Waals surface area contributed by atoms with Gasteiger partial charge in [0.25, 0.3) is 0 Å². The Balaban J connectivity index is 1.50. The maximum Gasteiger partial charge on any atom is 0.166 e. The fourth-order valence-corrected chi connectivity index (χ4v) is 5.60. The Morgan fingerprint density at radius 2 is 1.94 bits per heavy atom. The molecule has 6 heteroatoms. The Morgan fingerprint density at radius 1 is 1.10 bits per heavy atom. The van der Waals surface area contributed by atoms with E-state index in [4.69, 9.17) is 9.97 Å². The van der Waals surface area contributed by atoms with Crippen molar-refractivity contribution >= 4 is 27.4 Å². The summed E-state index contributed by atoms with van der Waals surface area (Å²) in [5, 5.41) is 15.1. The summed E-state index contributed by atoms with van der Waals surface area (Å²) in [5.74, 6) is 1.99. The maximum atomic E-state index is 10.3. The van der Waals surface area contributed by atoms with Crippen molar-refractivity contribution in [3.63, 3.8) is 0 Å². The SMILES string of the molecule is CC(CNc1nc(-c2ccncc2O)nc2sc3c(c12)CCCC3)Cc1ccccc1. The summed E-state index contributed by atoms with van der Waals surface area (Å²) in [6, 6.07) is 12.4. The molecule has 1 atom stereocenters. The largest absolute Gasteiger partial charge is 0.506 e. The number of hydrogen-bond acceptors (Lipinski definition) is 6. The Hall–Kier alpha value is -2.99. The molecule has 2 N–H and O–H groups in total. The fraction of sp³-hybridized carbons (Fsp3) is 0.320. The summed E-state index contributed by atoms with van der Waals surface area (Å²) >= 11 is 1.78. The van der Waals surface area contributed by atoms with Crippen LogP contribution < -0.4 is 5.32 Å². The van der Waals surface area contributed by atoms with Gasteiger partial charge in [-0.1, -0.05) is 37.3 Å². The smallest absolute Gasteiger partial charge is 0.166 e. The minimum Gasteiger partial charge on any atom is -0.506 e. The Morgan fingerprint density at radius 3 is 2.77 bits per heavy atom. The molecule has 31 heavy (non-hydrogen) atoms. The van der Waals surface area contributed by atoms with Gasteiger partial charge in [-0.3, -0.25) is 4.98 Å². The van der Waals surface area contributed by atoms with Gasteiger partial charge >= 0.3 is 0 Å². The third kappa shape index (κ3) is 4.12. The number of thiophene rings is 1. The maximum absolute atomic E-state index is 10.3. The van der Waals surface area contributed by atoms with Crippen LogP contribution in [0.2, 0.25) is 0 Å². The Labute approximate surface area is 186 Å². The molecule has 158 valence electrons. The second-order valence-corrected chi connectivity index (χ2v) is 9.44. The second-order valence-electron chi connectivity index (χ2n) is 8.36. The minimum absolute atomic E-state index is 0.103. The molecule has 1 aliphatic carbocycles. The van der Waals surface area contributed by atoms with Gasteiger partial charge in [-0.2, -0.15) is 0 Å². The zero-order valence-electron chi connectivity index (χ0n) is 17.6. The second kappa shape index (κ2) is 8.63. The van der Waals surface area contributed by atoms with Gasteiger partial charge in [-0.15, -0.1) is 11.3 Å². The summed E-state index contributed by atoms with van der Waals surface area (Å²) in [6.45, 7) is 3.09. The quantitative estimate of drug-likeness (QED) is 0.415. The zero-order valence-corrected chi connectivity index (χ0v) is 18.5. The molecule has 5 rings (SSSR count). The molecule has 0 bridgehead atoms. The van der Waals surface area contributed by atoms with E-state index in [9.17, 15) is 5.11 Å². The molecule has 0 fully saturated rings. The molecular weight excluding hydrogens is 404 g/mol. The van der Waals surface area contributed by atoms with Gasteiger partial charge in [0.1, 0.15) is 16.4 Å². The van der Waals surface area contributed by atoms with Crippen molar-refractivity contribution in [2.75, 3.05) is 11.9 Å². The molecule has 1 aromatic carbocycles. The normalized spacial score (nSPS) is 14.4. The molecule has 1 aliphatic rings. The number of fused-ring (bicyclic) bond motifs is 3. The van der Waals surface area contributed by atoms with E-state index < -0.39 is 0 Å². The van der Waals surface area contributed by atoms with Crippen molar-refractivity contribution in [3.8, 4) is 17.1 Å². The van der Waals surface area contributed by atoms with Crippen LogP contribution in [0, 0.1) is 5.92 Å². The van der Waals surface area contributed by atoms with Gasteiger partial charge in [0, 0.05) is 17.6 Å². The van der Waals surface area contributed by atoms with Crippen LogP contribution in [0.3, 0.4) is 0 Å². The lowest BCUT2D eigenvalue weighted by atomic mass is 9.96. The number of aromatic hydroxyl groups is 1. The molecule has 0 saturated heterocycles. The molecule has 0 radical (unpaired) electrons. The van der Waals surface area contributed by atoms with E-state index in [-0.39, 0.29) is 5.75 Å². The van der Waals surface area contributed by atoms with Crippen LogP contribution in [-0.2, 0) is 19.3 Å². The summed E-state index contributed by atoms with van der Waals surface area (Å²) in [4.78, 5) is 16.2. The van der Waals surface area contributed by atoms with Crippen molar-refractivity contribution in [2.24, 2.45) is 5.92 Å². The standard InChI is InChI=1S/C25H26N4OS/c1-16(13-17-7-3-2-4-8-17)14-27-24-22-19-9-5-6-10-21(19)31-25(22)29-23(28-24)18-11-12-26-15-20(18)30/h2-4,7-8,11-12,15-16,30H,5-6,9-10,13-14H2,1H3,(H,27,28,29). The third-order valence-corrected chi connectivity index (χ3v) is 7.09. The Bertz CT molecular complexity index is 1210. The highest BCUT2D eigenvalue weighted by Gasteiger charge is 2.22. The lowest BCUT2D eigenvalue weighted by molar-refractivity contribution is 0.474. The molecule has 0 aliphatic heterocycles. The highest BCUT2D eigenvalue weighted by molar-refractivity contribution is 7.19. The lowest BCUT2D eigenvalue weighted by Crippen LogP contribution is -2.15. The van der Waals surface area contributed by atoms with Gasteiger partial charge < -0.3 is 10.4 Å². The fourth-order valence-electron chi connectivity index (χ4n) is 4.34. The van der Waals surface area contributed by atoms with E-state index >= 15 is 0 Å². The van der Waals surface area contributed by atoms with E-state index in [2.05, 4.69) is 47.6 Å². The van der Waals surface area contributed by atoms with Crippen molar-refractivity contribution in [1.82, 2.24) is 15.0 Å². The number of aromatic nitrogens is 3. The molecule has 5 nitrogen and oxygen atoms in total. The number of rotatable bonds is 6. The predicted octanol–water partition coefficient (Wildman–Crippen LogP) is 5.63. The van der Waals surface area contributed by atoms with E-state index in [1.165, 1.54) is 40.4 Å². The van der Waals surface area contributed by atoms with Crippen molar-refractivity contribution < 1.29 is 5.11 Å². The van der Waals surface area contributed by atoms with Gasteiger partial charge in [0.2, 0.25) is 0 Å². The van der Waals surface area contributed by atoms with E-state index in [0.29, 0.717) is 17.3 Å². The predicted molar refractivity (Wildman–Crippen MR) is 127 cm³/mol. The number of nitrogens with zero attached hydrogens (tertiary/aromatic N) is 3. The van der Waals surface area contributed by atoms with Gasteiger partial charge in [-0.05, 0) is 55.2 Å². The van der Waals surface area contributed by atoms with Crippen molar-refractivity contribution in [2.45, 2.75) is 39.0 Å². The number of hydrogen-bond donors (Lipinski definition) is 2. The van der Waals surface area contributed by atoms with Crippen LogP contribution in [-0.4, -0.2) is 26.6 Å². The first-order chi connectivity index (χ1) is 15.2. The first-order valence-corrected chi connectivity index (χ1v) is 11.7. The van der Waals surface area contributed by atoms with Gasteiger partial charge in [0.05, 0.1) is 17.1 Å². The molecule has 0 saturated carbocycles. The Kier molecular flexibility index (Phi) is 5.55. The molecule has 4 aromatic rings. The molecule has 0 spiro atoms. The van der Waals surface area contributed by atoms with Gasteiger partial charge in [0.15, 0.2) is 5.82 Å². The summed E-state index contributed by atoms with van der Waals surface area (Å²) in [5.41, 5.74) is 3.37. The van der Waals surface area contributed by atoms with Crippen molar-refractivity contribution in [3.05, 3.63) is 64.8 Å². The highest BCUT2D eigenvalue weighted by atomic mass is 32.1. The van der Waals surface area contributed by atoms with Crippen LogP contribution in [0.5, 0.6) is 5.75 Å². The van der Waals surface area contributed by atoms with Gasteiger partial charge in [-0.25, -0.2) is 9.97 Å². The summed E-state index contributed by atoms with van der Waals surface area (Å²) < 4.78 is 0. The first-order valence-electron chi connectivity index (χ1n) is 10.9. The minimum atomic E-state index is 0.103. The van der Waals surface area contributed by atoms with Crippen LogP contribution in [0.4, 0.5) is 5.82 Å². The van der Waals surface area contributed by atoms with Crippen LogP contribution >= 0.6 is 11.3 Å². The number of benzene rings is 1. The monoisotopic (exact) mass is 430 g/mol. The number of pyridine rings is 1. The lowest BCUT2D eigenvalue weighted by Gasteiger charge is -2.16. The molecular formula is C25H26N4OS. The van der Waals surface area contributed by atoms with Crippen LogP contribution in [0.15, 0.2) is 48.8 Å². The van der Waals surface area contributed by atoms with E-state index in [0.717, 1.165) is 36.5 Å². The zero-order chi connectivity index (χ0) is 21.2. The first kappa shape index (κ1) is 19.9. The molecule has 1 unspecified atom stereocenters. The molecule has 3 aromatic heterocycles. The molecule has 0 amide bonds. The molecule has 3 heterocycles. The average Bonchev–Trinajstić information content (AvgIpc) is 3.17. The highest BCUT2D eigenvalue weighted by Crippen LogP contribution is 2.40. The van der Waals surface area contributed by atoms with E-state index in [1.807, 2.05) is 0 Å². The topological polar surface area (TPSA) is 70.9 Å². The average molecular weight is 431 g/mol. The summed E-state index contributed by atoms with van der Waals surface area (Å²) in [7, 11) is 0. The number of aryl methyl sites for hydroxylation is 2. The number of nitrogens with one attached hydrogen (secondary N) is 1. The van der Waals surface area contributed by atoms with E-state index in [1.54, 1.807) is 23.6 Å². The summed E-state index contributed by atoms with van der Waals surface area (Å²) in [6.07, 6.45) is 8.79.